The summed E-state index contributed by atoms with van der Waals surface area (Å²) < 4.78 is 1.73. The van der Waals surface area contributed by atoms with Gasteiger partial charge in [-0.2, -0.15) is 5.10 Å². The van der Waals surface area contributed by atoms with Gasteiger partial charge in [0.1, 0.15) is 0 Å². The van der Waals surface area contributed by atoms with Gasteiger partial charge < -0.3 is 15.3 Å². The summed E-state index contributed by atoms with van der Waals surface area (Å²) in [5, 5.41) is 16.8. The molecule has 122 valence electrons. The number of aromatic nitrogens is 2. The van der Waals surface area contributed by atoms with Crippen LogP contribution in [0.5, 0.6) is 0 Å². The molecule has 2 amide bonds. The highest BCUT2D eigenvalue weighted by molar-refractivity contribution is 5.89. The Bertz CT molecular complexity index is 646. The van der Waals surface area contributed by atoms with Crippen LogP contribution in [0.15, 0.2) is 42.7 Å². The van der Waals surface area contributed by atoms with Crippen molar-refractivity contribution >= 4 is 11.7 Å². The second-order valence-corrected chi connectivity index (χ2v) is 6.00. The summed E-state index contributed by atoms with van der Waals surface area (Å²) in [4.78, 5) is 14.1. The fourth-order valence-electron chi connectivity index (χ4n) is 2.90. The number of likely N-dealkylation sites (tertiary alicyclic amines) is 1. The first-order chi connectivity index (χ1) is 11.1. The zero-order chi connectivity index (χ0) is 16.2. The summed E-state index contributed by atoms with van der Waals surface area (Å²) in [5.41, 5.74) is 1.63. The molecule has 1 aromatic heterocycles. The fraction of sp³-hybridized carbons (Fsp3) is 0.412. The Hall–Kier alpha value is -2.34. The predicted octanol–water partition coefficient (Wildman–Crippen LogP) is 2.50. The normalized spacial score (nSPS) is 17.0. The molecule has 1 fully saturated rings. The molecule has 1 atom stereocenters. The Morgan fingerprint density at radius 1 is 1.30 bits per heavy atom. The number of aliphatic hydroxyl groups is 1. The van der Waals surface area contributed by atoms with Crippen molar-refractivity contribution in [3.8, 4) is 5.69 Å². The quantitative estimate of drug-likeness (QED) is 0.914. The van der Waals surface area contributed by atoms with Crippen molar-refractivity contribution in [1.82, 2.24) is 14.7 Å². The standard InChI is InChI=1S/C17H22N4O2/c1-13(22)14-7-9-20(10-8-14)17(23)19-15-11-18-21(12-15)16-5-3-2-4-6-16/h2-6,11-14,22H,7-10H2,1H3,(H,19,23). The van der Waals surface area contributed by atoms with E-state index in [1.54, 1.807) is 22.0 Å². The van der Waals surface area contributed by atoms with Crippen LogP contribution < -0.4 is 5.32 Å². The molecule has 2 aromatic rings. The third-order valence-corrected chi connectivity index (χ3v) is 4.36. The molecule has 0 aliphatic carbocycles. The topological polar surface area (TPSA) is 70.4 Å². The minimum atomic E-state index is -0.302. The number of carbonyl (C=O) groups excluding carboxylic acids is 1. The van der Waals surface area contributed by atoms with Gasteiger partial charge in [-0.1, -0.05) is 18.2 Å². The van der Waals surface area contributed by atoms with Gasteiger partial charge in [0.2, 0.25) is 0 Å². The average molecular weight is 314 g/mol. The van der Waals surface area contributed by atoms with Crippen molar-refractivity contribution in [1.29, 1.82) is 0 Å². The van der Waals surface area contributed by atoms with E-state index in [2.05, 4.69) is 10.4 Å². The molecule has 6 nitrogen and oxygen atoms in total. The lowest BCUT2D eigenvalue weighted by molar-refractivity contribution is 0.0820. The van der Waals surface area contributed by atoms with Gasteiger partial charge in [0.25, 0.3) is 0 Å². The maximum atomic E-state index is 12.3. The van der Waals surface area contributed by atoms with Gasteiger partial charge >= 0.3 is 6.03 Å². The maximum absolute atomic E-state index is 12.3. The van der Waals surface area contributed by atoms with Crippen LogP contribution in [0.1, 0.15) is 19.8 Å². The van der Waals surface area contributed by atoms with Crippen LogP contribution in [0.2, 0.25) is 0 Å². The SMILES string of the molecule is CC(O)C1CCN(C(=O)Nc2cnn(-c3ccccc3)c2)CC1. The number of benzene rings is 1. The van der Waals surface area contributed by atoms with E-state index in [0.29, 0.717) is 24.7 Å². The Balaban J connectivity index is 1.58. The molecule has 1 aliphatic heterocycles. The van der Waals surface area contributed by atoms with Crippen LogP contribution in [-0.4, -0.2) is 45.0 Å². The molecule has 0 bridgehead atoms. The molecule has 2 N–H and O–H groups in total. The van der Waals surface area contributed by atoms with Gasteiger partial charge in [-0.3, -0.25) is 0 Å². The van der Waals surface area contributed by atoms with Crippen LogP contribution in [0.4, 0.5) is 10.5 Å². The van der Waals surface area contributed by atoms with Gasteiger partial charge in [-0.05, 0) is 37.8 Å². The van der Waals surface area contributed by atoms with E-state index in [-0.39, 0.29) is 12.1 Å². The van der Waals surface area contributed by atoms with E-state index in [9.17, 15) is 9.90 Å². The number of aliphatic hydroxyl groups excluding tert-OH is 1. The number of rotatable bonds is 3. The minimum absolute atomic E-state index is 0.110. The molecule has 2 heterocycles. The molecule has 0 saturated carbocycles. The van der Waals surface area contributed by atoms with Crippen LogP contribution >= 0.6 is 0 Å². The van der Waals surface area contributed by atoms with Gasteiger partial charge in [0.15, 0.2) is 0 Å². The summed E-state index contributed by atoms with van der Waals surface area (Å²) in [7, 11) is 0. The Kier molecular flexibility index (Phi) is 4.62. The van der Waals surface area contributed by atoms with Crippen molar-refractivity contribution in [3.63, 3.8) is 0 Å². The van der Waals surface area contributed by atoms with E-state index >= 15 is 0 Å². The molecule has 1 aliphatic rings. The largest absolute Gasteiger partial charge is 0.393 e. The summed E-state index contributed by atoms with van der Waals surface area (Å²) in [5.74, 6) is 0.292. The highest BCUT2D eigenvalue weighted by atomic mass is 16.3. The van der Waals surface area contributed by atoms with Crippen molar-refractivity contribution in [2.45, 2.75) is 25.9 Å². The van der Waals surface area contributed by atoms with E-state index in [0.717, 1.165) is 18.5 Å². The van der Waals surface area contributed by atoms with E-state index in [1.807, 2.05) is 37.3 Å². The highest BCUT2D eigenvalue weighted by Gasteiger charge is 2.25. The molecule has 1 aromatic carbocycles. The summed E-state index contributed by atoms with van der Waals surface area (Å²) in [6.07, 6.45) is 4.83. The first-order valence-electron chi connectivity index (χ1n) is 7.97. The number of hydrogen-bond acceptors (Lipinski definition) is 3. The Morgan fingerprint density at radius 2 is 2.00 bits per heavy atom. The van der Waals surface area contributed by atoms with Gasteiger partial charge in [0, 0.05) is 13.1 Å². The Labute approximate surface area is 135 Å². The second kappa shape index (κ2) is 6.83. The average Bonchev–Trinajstić information content (AvgIpc) is 3.04. The van der Waals surface area contributed by atoms with E-state index in [4.69, 9.17) is 0 Å². The maximum Gasteiger partial charge on any atom is 0.321 e. The number of urea groups is 1. The third-order valence-electron chi connectivity index (χ3n) is 4.36. The predicted molar refractivity (Wildman–Crippen MR) is 88.6 cm³/mol. The van der Waals surface area contributed by atoms with Gasteiger partial charge in [0.05, 0.1) is 29.9 Å². The molecular weight excluding hydrogens is 292 g/mol. The van der Waals surface area contributed by atoms with Crippen molar-refractivity contribution in [2.75, 3.05) is 18.4 Å². The number of amides is 2. The zero-order valence-electron chi connectivity index (χ0n) is 13.2. The number of hydrogen-bond donors (Lipinski definition) is 2. The summed E-state index contributed by atoms with van der Waals surface area (Å²) >= 11 is 0. The van der Waals surface area contributed by atoms with Crippen molar-refractivity contribution in [2.24, 2.45) is 5.92 Å². The second-order valence-electron chi connectivity index (χ2n) is 6.00. The van der Waals surface area contributed by atoms with Crippen LogP contribution in [-0.2, 0) is 0 Å². The molecule has 1 unspecified atom stereocenters. The fourth-order valence-corrected chi connectivity index (χ4v) is 2.90. The molecule has 23 heavy (non-hydrogen) atoms. The zero-order valence-corrected chi connectivity index (χ0v) is 13.2. The van der Waals surface area contributed by atoms with Crippen molar-refractivity contribution < 1.29 is 9.90 Å². The monoisotopic (exact) mass is 314 g/mol. The van der Waals surface area contributed by atoms with E-state index < -0.39 is 0 Å². The molecule has 6 heteroatoms. The molecule has 0 spiro atoms. The van der Waals surface area contributed by atoms with Gasteiger partial charge in [-0.15, -0.1) is 0 Å². The number of nitrogens with zero attached hydrogens (tertiary/aromatic N) is 3. The lowest BCUT2D eigenvalue weighted by Crippen LogP contribution is -2.42. The number of nitrogens with one attached hydrogen (secondary N) is 1. The lowest BCUT2D eigenvalue weighted by Gasteiger charge is -2.33. The van der Waals surface area contributed by atoms with Crippen LogP contribution in [0, 0.1) is 5.92 Å². The molecule has 3 rings (SSSR count). The lowest BCUT2D eigenvalue weighted by atomic mass is 9.92. The summed E-state index contributed by atoms with van der Waals surface area (Å²) in [6, 6.07) is 9.65. The third kappa shape index (κ3) is 3.71. The molecular formula is C17H22N4O2. The first kappa shape index (κ1) is 15.6. The molecule has 0 radical (unpaired) electrons. The first-order valence-corrected chi connectivity index (χ1v) is 7.97. The van der Waals surface area contributed by atoms with Gasteiger partial charge in [-0.25, -0.2) is 9.48 Å². The van der Waals surface area contributed by atoms with Crippen LogP contribution in [0.3, 0.4) is 0 Å². The number of piperidine rings is 1. The van der Waals surface area contributed by atoms with Crippen molar-refractivity contribution in [3.05, 3.63) is 42.7 Å². The highest BCUT2D eigenvalue weighted by Crippen LogP contribution is 2.21. The molecule has 1 saturated heterocycles. The smallest absolute Gasteiger partial charge is 0.321 e. The number of carbonyl (C=O) groups is 1. The Morgan fingerprint density at radius 3 is 2.65 bits per heavy atom. The number of anilines is 1. The van der Waals surface area contributed by atoms with E-state index in [1.165, 1.54) is 0 Å². The summed E-state index contributed by atoms with van der Waals surface area (Å²) in [6.45, 7) is 3.17. The number of para-hydroxylation sites is 1. The van der Waals surface area contributed by atoms with Crippen LogP contribution in [0.25, 0.3) is 5.69 Å². The minimum Gasteiger partial charge on any atom is -0.393 e.